The first-order chi connectivity index (χ1) is 9.40. The van der Waals surface area contributed by atoms with E-state index in [9.17, 15) is 0 Å². The highest BCUT2D eigenvalue weighted by atomic mass is 35.5. The molecule has 20 heavy (non-hydrogen) atoms. The van der Waals surface area contributed by atoms with E-state index in [1.165, 1.54) is 0 Å². The van der Waals surface area contributed by atoms with Crippen LogP contribution in [-0.4, -0.2) is 15.2 Å². The van der Waals surface area contributed by atoms with Gasteiger partial charge in [-0.25, -0.2) is 0 Å². The van der Waals surface area contributed by atoms with E-state index in [-0.39, 0.29) is 4.99 Å². The Labute approximate surface area is 127 Å². The second kappa shape index (κ2) is 5.73. The largest absolute Gasteiger partial charge is 0.437 e. The van der Waals surface area contributed by atoms with Crippen molar-refractivity contribution in [2.75, 3.05) is 0 Å². The molecule has 0 unspecified atom stereocenters. The third kappa shape index (κ3) is 2.89. The molecule has 0 aliphatic heterocycles. The third-order valence-corrected chi connectivity index (χ3v) is 3.45. The molecule has 1 aromatic heterocycles. The van der Waals surface area contributed by atoms with Gasteiger partial charge < -0.3 is 10.5 Å². The molecule has 1 aromatic carbocycles. The zero-order chi connectivity index (χ0) is 14.9. The molecule has 0 atom stereocenters. The van der Waals surface area contributed by atoms with Crippen molar-refractivity contribution in [1.29, 1.82) is 0 Å². The predicted molar refractivity (Wildman–Crippen MR) is 83.7 cm³/mol. The minimum atomic E-state index is 0.238. The Bertz CT molecular complexity index is 688. The number of hydrogen-bond acceptors (Lipinski definition) is 4. The fraction of sp³-hybridized carbons (Fsp3) is 0.214. The van der Waals surface area contributed by atoms with Crippen molar-refractivity contribution in [3.05, 3.63) is 45.6 Å². The second-order valence-electron chi connectivity index (χ2n) is 4.47. The van der Waals surface area contributed by atoms with Crippen LogP contribution in [0.2, 0.25) is 5.02 Å². The molecule has 2 rings (SSSR count). The van der Waals surface area contributed by atoms with Crippen molar-refractivity contribution in [2.45, 2.75) is 20.8 Å². The van der Waals surface area contributed by atoms with Crippen molar-refractivity contribution in [3.63, 3.8) is 0 Å². The second-order valence-corrected chi connectivity index (χ2v) is 5.34. The lowest BCUT2D eigenvalue weighted by molar-refractivity contribution is 0.449. The van der Waals surface area contributed by atoms with Gasteiger partial charge in [-0.3, -0.25) is 0 Å². The maximum atomic E-state index is 5.92. The number of halogens is 1. The molecule has 0 saturated carbocycles. The van der Waals surface area contributed by atoms with Crippen molar-refractivity contribution >= 4 is 28.8 Å². The Balaban J connectivity index is 2.48. The van der Waals surface area contributed by atoms with E-state index in [1.54, 1.807) is 12.1 Å². The fourth-order valence-electron chi connectivity index (χ4n) is 1.78. The Morgan fingerprint density at radius 1 is 1.25 bits per heavy atom. The molecular formula is C14H14ClN3OS. The molecule has 104 valence electrons. The first-order valence-electron chi connectivity index (χ1n) is 5.98. The summed E-state index contributed by atoms with van der Waals surface area (Å²) in [5.74, 6) is 0.954. The Kier molecular flexibility index (Phi) is 4.20. The molecule has 0 bridgehead atoms. The number of nitrogens with zero attached hydrogens (tertiary/aromatic N) is 2. The van der Waals surface area contributed by atoms with E-state index in [0.717, 1.165) is 16.8 Å². The van der Waals surface area contributed by atoms with Gasteiger partial charge in [0.1, 0.15) is 10.7 Å². The number of benzene rings is 1. The van der Waals surface area contributed by atoms with E-state index in [1.807, 2.05) is 26.8 Å². The molecule has 2 aromatic rings. The highest BCUT2D eigenvalue weighted by Gasteiger charge is 2.16. The molecule has 0 aliphatic rings. The predicted octanol–water partition coefficient (Wildman–Crippen LogP) is 3.48. The van der Waals surface area contributed by atoms with Gasteiger partial charge in [0.15, 0.2) is 0 Å². The standard InChI is InChI=1S/C14H14ClN3OS/c1-7-6-10(15)4-5-11(7)19-14-12(13(16)20)8(2)9(3)17-18-14/h4-6H,1-3H3,(H2,16,20). The minimum absolute atomic E-state index is 0.238. The summed E-state index contributed by atoms with van der Waals surface area (Å²) >= 11 is 11.0. The Hall–Kier alpha value is -1.72. The van der Waals surface area contributed by atoms with Crippen LogP contribution in [0.5, 0.6) is 11.6 Å². The zero-order valence-electron chi connectivity index (χ0n) is 11.4. The highest BCUT2D eigenvalue weighted by Crippen LogP contribution is 2.29. The maximum Gasteiger partial charge on any atom is 0.249 e. The maximum absolute atomic E-state index is 5.92. The van der Waals surface area contributed by atoms with Crippen LogP contribution in [0.15, 0.2) is 18.2 Å². The van der Waals surface area contributed by atoms with Crippen molar-refractivity contribution in [1.82, 2.24) is 10.2 Å². The normalized spacial score (nSPS) is 10.4. The molecule has 2 N–H and O–H groups in total. The van der Waals surface area contributed by atoms with Gasteiger partial charge in [-0.05, 0) is 50.1 Å². The Morgan fingerprint density at radius 3 is 2.55 bits per heavy atom. The molecule has 0 fully saturated rings. The van der Waals surface area contributed by atoms with E-state index in [0.29, 0.717) is 22.2 Å². The monoisotopic (exact) mass is 307 g/mol. The van der Waals surface area contributed by atoms with E-state index >= 15 is 0 Å². The number of rotatable bonds is 3. The lowest BCUT2D eigenvalue weighted by Gasteiger charge is -2.13. The summed E-state index contributed by atoms with van der Waals surface area (Å²) in [4.78, 5) is 0.238. The topological polar surface area (TPSA) is 61.0 Å². The fourth-order valence-corrected chi connectivity index (χ4v) is 2.25. The first-order valence-corrected chi connectivity index (χ1v) is 6.76. The van der Waals surface area contributed by atoms with Crippen LogP contribution < -0.4 is 10.5 Å². The number of thiocarbonyl (C=S) groups is 1. The van der Waals surface area contributed by atoms with Crippen molar-refractivity contribution in [3.8, 4) is 11.6 Å². The first kappa shape index (κ1) is 14.7. The quantitative estimate of drug-likeness (QED) is 0.880. The number of aromatic nitrogens is 2. The summed E-state index contributed by atoms with van der Waals surface area (Å²) in [6.07, 6.45) is 0. The van der Waals surface area contributed by atoms with Crippen LogP contribution in [0.25, 0.3) is 0 Å². The van der Waals surface area contributed by atoms with E-state index < -0.39 is 0 Å². The van der Waals surface area contributed by atoms with Crippen molar-refractivity contribution < 1.29 is 4.74 Å². The van der Waals surface area contributed by atoms with E-state index in [2.05, 4.69) is 10.2 Å². The van der Waals surface area contributed by atoms with Gasteiger partial charge in [-0.15, -0.1) is 5.10 Å². The van der Waals surface area contributed by atoms with Crippen LogP contribution in [0.1, 0.15) is 22.4 Å². The van der Waals surface area contributed by atoms with Crippen LogP contribution in [0.4, 0.5) is 0 Å². The van der Waals surface area contributed by atoms with Gasteiger partial charge in [-0.2, -0.15) is 5.10 Å². The average molecular weight is 308 g/mol. The number of nitrogens with two attached hydrogens (primary N) is 1. The minimum Gasteiger partial charge on any atom is -0.437 e. The molecule has 0 saturated heterocycles. The van der Waals surface area contributed by atoms with E-state index in [4.69, 9.17) is 34.3 Å². The van der Waals surface area contributed by atoms with Gasteiger partial charge in [0.25, 0.3) is 0 Å². The molecule has 0 spiro atoms. The molecule has 0 amide bonds. The lowest BCUT2D eigenvalue weighted by atomic mass is 10.1. The molecule has 0 radical (unpaired) electrons. The molecule has 1 heterocycles. The third-order valence-electron chi connectivity index (χ3n) is 3.01. The summed E-state index contributed by atoms with van der Waals surface area (Å²) in [5, 5.41) is 8.74. The summed E-state index contributed by atoms with van der Waals surface area (Å²) in [6, 6.07) is 5.34. The highest BCUT2D eigenvalue weighted by molar-refractivity contribution is 7.80. The van der Waals surface area contributed by atoms with Gasteiger partial charge in [0.05, 0.1) is 11.3 Å². The Morgan fingerprint density at radius 2 is 1.95 bits per heavy atom. The molecule has 4 nitrogen and oxygen atoms in total. The van der Waals surface area contributed by atoms with Crippen LogP contribution >= 0.6 is 23.8 Å². The number of ether oxygens (including phenoxy) is 1. The van der Waals surface area contributed by atoms with Gasteiger partial charge in [0.2, 0.25) is 5.88 Å². The van der Waals surface area contributed by atoms with Crippen LogP contribution in [0, 0.1) is 20.8 Å². The van der Waals surface area contributed by atoms with Crippen LogP contribution in [-0.2, 0) is 0 Å². The molecule has 0 aliphatic carbocycles. The van der Waals surface area contributed by atoms with Gasteiger partial charge in [-0.1, -0.05) is 23.8 Å². The smallest absolute Gasteiger partial charge is 0.249 e. The zero-order valence-corrected chi connectivity index (χ0v) is 13.0. The lowest BCUT2D eigenvalue weighted by Crippen LogP contribution is -2.15. The van der Waals surface area contributed by atoms with Gasteiger partial charge >= 0.3 is 0 Å². The van der Waals surface area contributed by atoms with Gasteiger partial charge in [0, 0.05) is 5.02 Å². The summed E-state index contributed by atoms with van der Waals surface area (Å²) < 4.78 is 5.79. The molecular weight excluding hydrogens is 294 g/mol. The number of aryl methyl sites for hydroxylation is 2. The summed E-state index contributed by atoms with van der Waals surface area (Å²) in [7, 11) is 0. The summed E-state index contributed by atoms with van der Waals surface area (Å²) in [5.41, 5.74) is 8.91. The molecule has 6 heteroatoms. The SMILES string of the molecule is Cc1cc(Cl)ccc1Oc1nnc(C)c(C)c1C(N)=S. The summed E-state index contributed by atoms with van der Waals surface area (Å²) in [6.45, 7) is 5.64. The average Bonchev–Trinajstić information content (AvgIpc) is 2.36. The van der Waals surface area contributed by atoms with Crippen LogP contribution in [0.3, 0.4) is 0 Å². The number of hydrogen-bond donors (Lipinski definition) is 1. The van der Waals surface area contributed by atoms with Crippen molar-refractivity contribution in [2.24, 2.45) is 5.73 Å².